The van der Waals surface area contributed by atoms with Crippen LogP contribution in [0.2, 0.25) is 5.02 Å². The fourth-order valence-electron chi connectivity index (χ4n) is 4.77. The number of hydrogen-bond donors (Lipinski definition) is 3. The van der Waals surface area contributed by atoms with Gasteiger partial charge in [-0.05, 0) is 43.7 Å². The number of amides is 2. The largest absolute Gasteiger partial charge is 0.368 e. The molecule has 2 aliphatic carbocycles. The standard InChI is InChI=1S/C25H30ClN3O4/c26-18-6-3-5-16-12-19(28-23(16)18)22(31)13-17(10-14-8-9-14)25(33)29-20(24(27)32)11-15-4-1-2-7-21(15)30/h3,5-6,12,14-15,17,20,28H,1-2,4,7-11,13H2,(H2,27,32)(H,29,33)/t15-,17+,20-/m0/s1. The molecule has 2 aliphatic rings. The van der Waals surface area contributed by atoms with Gasteiger partial charge in [-0.3, -0.25) is 19.2 Å². The summed E-state index contributed by atoms with van der Waals surface area (Å²) in [6.07, 6.45) is 5.95. The molecule has 176 valence electrons. The Morgan fingerprint density at radius 3 is 2.61 bits per heavy atom. The summed E-state index contributed by atoms with van der Waals surface area (Å²) in [6.45, 7) is 0. The summed E-state index contributed by atoms with van der Waals surface area (Å²) in [5.41, 5.74) is 6.66. The van der Waals surface area contributed by atoms with Crippen LogP contribution < -0.4 is 11.1 Å². The third-order valence-corrected chi connectivity index (χ3v) is 7.20. The molecule has 1 aromatic carbocycles. The summed E-state index contributed by atoms with van der Waals surface area (Å²) in [5.74, 6) is -1.45. The third kappa shape index (κ3) is 5.82. The minimum Gasteiger partial charge on any atom is -0.368 e. The topological polar surface area (TPSA) is 122 Å². The summed E-state index contributed by atoms with van der Waals surface area (Å²) in [4.78, 5) is 53.5. The van der Waals surface area contributed by atoms with Gasteiger partial charge in [-0.15, -0.1) is 0 Å². The molecule has 8 heteroatoms. The zero-order chi connectivity index (χ0) is 23.5. The number of carbonyl (C=O) groups excluding carboxylic acids is 4. The van der Waals surface area contributed by atoms with E-state index in [9.17, 15) is 19.2 Å². The van der Waals surface area contributed by atoms with Gasteiger partial charge in [0.2, 0.25) is 11.8 Å². The first-order valence-electron chi connectivity index (χ1n) is 11.7. The number of aromatic nitrogens is 1. The van der Waals surface area contributed by atoms with Crippen molar-refractivity contribution in [1.29, 1.82) is 0 Å². The number of carbonyl (C=O) groups is 4. The minimum absolute atomic E-state index is 0.0284. The molecule has 2 saturated carbocycles. The van der Waals surface area contributed by atoms with Crippen LogP contribution in [-0.4, -0.2) is 34.4 Å². The molecule has 2 fully saturated rings. The highest BCUT2D eigenvalue weighted by atomic mass is 35.5. The Morgan fingerprint density at radius 2 is 1.94 bits per heavy atom. The van der Waals surface area contributed by atoms with Gasteiger partial charge in [-0.25, -0.2) is 0 Å². The van der Waals surface area contributed by atoms with E-state index in [2.05, 4.69) is 10.3 Å². The molecule has 7 nitrogen and oxygen atoms in total. The van der Waals surface area contributed by atoms with Crippen LogP contribution in [0.1, 0.15) is 68.3 Å². The number of para-hydroxylation sites is 1. The quantitative estimate of drug-likeness (QED) is 0.454. The molecular weight excluding hydrogens is 442 g/mol. The molecule has 3 atom stereocenters. The summed E-state index contributed by atoms with van der Waals surface area (Å²) in [7, 11) is 0. The average Bonchev–Trinajstić information content (AvgIpc) is 3.48. The van der Waals surface area contributed by atoms with Crippen LogP contribution >= 0.6 is 11.6 Å². The van der Waals surface area contributed by atoms with Crippen molar-refractivity contribution in [1.82, 2.24) is 10.3 Å². The van der Waals surface area contributed by atoms with Crippen molar-refractivity contribution < 1.29 is 19.2 Å². The second-order valence-electron chi connectivity index (χ2n) is 9.50. The fraction of sp³-hybridized carbons (Fsp3) is 0.520. The van der Waals surface area contributed by atoms with E-state index in [0.717, 1.165) is 31.1 Å². The lowest BCUT2D eigenvalue weighted by atomic mass is 9.83. The highest BCUT2D eigenvalue weighted by molar-refractivity contribution is 6.35. The molecule has 2 aromatic rings. The lowest BCUT2D eigenvalue weighted by molar-refractivity contribution is -0.132. The Hall–Kier alpha value is -2.67. The van der Waals surface area contributed by atoms with Gasteiger partial charge in [0, 0.05) is 30.1 Å². The fourth-order valence-corrected chi connectivity index (χ4v) is 5.00. The maximum atomic E-state index is 13.2. The number of aromatic amines is 1. The molecule has 0 saturated heterocycles. The van der Waals surface area contributed by atoms with Crippen molar-refractivity contribution in [3.63, 3.8) is 0 Å². The zero-order valence-corrected chi connectivity index (χ0v) is 19.3. The van der Waals surface area contributed by atoms with Crippen LogP contribution in [0.3, 0.4) is 0 Å². The first-order chi connectivity index (χ1) is 15.8. The van der Waals surface area contributed by atoms with Gasteiger partial charge in [0.25, 0.3) is 0 Å². The normalized spacial score (nSPS) is 20.4. The second kappa shape index (κ2) is 10.1. The van der Waals surface area contributed by atoms with Gasteiger partial charge in [0.15, 0.2) is 5.78 Å². The predicted octanol–water partition coefficient (Wildman–Crippen LogP) is 3.93. The molecule has 0 unspecified atom stereocenters. The number of rotatable bonds is 10. The number of benzene rings is 1. The average molecular weight is 472 g/mol. The smallest absolute Gasteiger partial charge is 0.240 e. The van der Waals surface area contributed by atoms with Gasteiger partial charge in [-0.1, -0.05) is 43.0 Å². The number of nitrogens with two attached hydrogens (primary N) is 1. The number of ketones is 2. The van der Waals surface area contributed by atoms with E-state index < -0.39 is 17.9 Å². The van der Waals surface area contributed by atoms with Crippen LogP contribution in [-0.2, 0) is 14.4 Å². The molecule has 2 amide bonds. The van der Waals surface area contributed by atoms with E-state index in [0.29, 0.717) is 41.4 Å². The highest BCUT2D eigenvalue weighted by Gasteiger charge is 2.34. The summed E-state index contributed by atoms with van der Waals surface area (Å²) < 4.78 is 0. The molecule has 0 bridgehead atoms. The van der Waals surface area contributed by atoms with Gasteiger partial charge in [0.05, 0.1) is 16.2 Å². The molecule has 1 heterocycles. The van der Waals surface area contributed by atoms with Crippen molar-refractivity contribution >= 4 is 45.9 Å². The number of nitrogens with one attached hydrogen (secondary N) is 2. The number of hydrogen-bond acceptors (Lipinski definition) is 4. The molecule has 4 rings (SSSR count). The monoisotopic (exact) mass is 471 g/mol. The van der Waals surface area contributed by atoms with Crippen molar-refractivity contribution in [3.8, 4) is 0 Å². The Bertz CT molecular complexity index is 1070. The lowest BCUT2D eigenvalue weighted by Gasteiger charge is -2.26. The maximum absolute atomic E-state index is 13.2. The van der Waals surface area contributed by atoms with Gasteiger partial charge >= 0.3 is 0 Å². The first kappa shape index (κ1) is 23.5. The molecule has 0 aliphatic heterocycles. The van der Waals surface area contributed by atoms with Crippen molar-refractivity contribution in [2.45, 2.75) is 63.8 Å². The van der Waals surface area contributed by atoms with E-state index in [1.807, 2.05) is 12.1 Å². The van der Waals surface area contributed by atoms with E-state index in [4.69, 9.17) is 17.3 Å². The highest BCUT2D eigenvalue weighted by Crippen LogP contribution is 2.37. The predicted molar refractivity (Wildman–Crippen MR) is 126 cm³/mol. The number of H-pyrrole nitrogens is 1. The van der Waals surface area contributed by atoms with Crippen LogP contribution in [0.4, 0.5) is 0 Å². The van der Waals surface area contributed by atoms with Gasteiger partial charge in [0.1, 0.15) is 11.8 Å². The van der Waals surface area contributed by atoms with Crippen LogP contribution in [0.15, 0.2) is 24.3 Å². The van der Waals surface area contributed by atoms with E-state index in [-0.39, 0.29) is 36.2 Å². The van der Waals surface area contributed by atoms with Crippen molar-refractivity contribution in [3.05, 3.63) is 35.0 Å². The van der Waals surface area contributed by atoms with Crippen LogP contribution in [0.25, 0.3) is 10.9 Å². The molecule has 0 spiro atoms. The molecule has 4 N–H and O–H groups in total. The zero-order valence-electron chi connectivity index (χ0n) is 18.6. The number of fused-ring (bicyclic) bond motifs is 1. The number of primary amides is 1. The Kier molecular flexibility index (Phi) is 7.17. The Balaban J connectivity index is 1.45. The Morgan fingerprint density at radius 1 is 1.15 bits per heavy atom. The van der Waals surface area contributed by atoms with Crippen LogP contribution in [0, 0.1) is 17.8 Å². The molecular formula is C25H30ClN3O4. The maximum Gasteiger partial charge on any atom is 0.240 e. The second-order valence-corrected chi connectivity index (χ2v) is 9.91. The van der Waals surface area contributed by atoms with E-state index >= 15 is 0 Å². The van der Waals surface area contributed by atoms with E-state index in [1.54, 1.807) is 12.1 Å². The summed E-state index contributed by atoms with van der Waals surface area (Å²) in [6, 6.07) is 6.27. The number of Topliss-reactive ketones (excluding diaryl/α,β-unsaturated/α-hetero) is 2. The molecule has 1 aromatic heterocycles. The third-order valence-electron chi connectivity index (χ3n) is 6.88. The number of halogens is 1. The molecule has 0 radical (unpaired) electrons. The lowest BCUT2D eigenvalue weighted by Crippen LogP contribution is -2.48. The van der Waals surface area contributed by atoms with Gasteiger partial charge in [-0.2, -0.15) is 0 Å². The van der Waals surface area contributed by atoms with Gasteiger partial charge < -0.3 is 16.0 Å². The summed E-state index contributed by atoms with van der Waals surface area (Å²) >= 11 is 6.21. The minimum atomic E-state index is -0.909. The van der Waals surface area contributed by atoms with Crippen molar-refractivity contribution in [2.75, 3.05) is 0 Å². The van der Waals surface area contributed by atoms with Crippen LogP contribution in [0.5, 0.6) is 0 Å². The van der Waals surface area contributed by atoms with Crippen molar-refractivity contribution in [2.24, 2.45) is 23.5 Å². The molecule has 33 heavy (non-hydrogen) atoms. The summed E-state index contributed by atoms with van der Waals surface area (Å²) in [5, 5.41) is 4.12. The first-order valence-corrected chi connectivity index (χ1v) is 12.1. The Labute approximate surface area is 197 Å². The SMILES string of the molecule is NC(=O)[C@H](C[C@@H]1CCCCC1=O)NC(=O)[C@@H](CC(=O)c1cc2cccc(Cl)c2[nH]1)CC1CC1. The van der Waals surface area contributed by atoms with E-state index in [1.165, 1.54) is 0 Å².